The number of para-hydroxylation sites is 1. The Hall–Kier alpha value is -2.33. The maximum absolute atomic E-state index is 12.9. The van der Waals surface area contributed by atoms with Crippen LogP contribution in [0.5, 0.6) is 5.75 Å². The van der Waals surface area contributed by atoms with Crippen LogP contribution in [0.4, 0.5) is 0 Å². The fourth-order valence-electron chi connectivity index (χ4n) is 2.56. The standard InChI is InChI=1S/C18H17NO2S/c1-2-7-14-16(20)12-15(17-10-6-11-22-17)19(18(14)21)13-8-4-3-5-9-13/h3-6,8-12,20H,2,7H2,1H3. The van der Waals surface area contributed by atoms with Crippen molar-refractivity contribution in [2.75, 3.05) is 0 Å². The van der Waals surface area contributed by atoms with Gasteiger partial charge in [-0.1, -0.05) is 37.6 Å². The SMILES string of the molecule is CCCc1c(O)cc(-c2cccs2)n(-c2ccccc2)c1=O. The van der Waals surface area contributed by atoms with Crippen molar-refractivity contribution in [2.45, 2.75) is 19.8 Å². The summed E-state index contributed by atoms with van der Waals surface area (Å²) >= 11 is 1.55. The molecule has 0 amide bonds. The third-order valence-corrected chi connectivity index (χ3v) is 4.47. The highest BCUT2D eigenvalue weighted by atomic mass is 32.1. The van der Waals surface area contributed by atoms with Crippen molar-refractivity contribution in [3.63, 3.8) is 0 Å². The van der Waals surface area contributed by atoms with Gasteiger partial charge in [-0.25, -0.2) is 0 Å². The highest BCUT2D eigenvalue weighted by Crippen LogP contribution is 2.30. The average molecular weight is 311 g/mol. The van der Waals surface area contributed by atoms with Gasteiger partial charge in [0.15, 0.2) is 0 Å². The van der Waals surface area contributed by atoms with Gasteiger partial charge in [0.25, 0.3) is 5.56 Å². The number of thiophene rings is 1. The van der Waals surface area contributed by atoms with Crippen molar-refractivity contribution in [1.29, 1.82) is 0 Å². The predicted molar refractivity (Wildman–Crippen MR) is 91.0 cm³/mol. The molecule has 0 unspecified atom stereocenters. The summed E-state index contributed by atoms with van der Waals surface area (Å²) in [5.74, 6) is 0.0856. The normalized spacial score (nSPS) is 10.8. The van der Waals surface area contributed by atoms with Crippen molar-refractivity contribution in [1.82, 2.24) is 4.57 Å². The first-order chi connectivity index (χ1) is 10.7. The lowest BCUT2D eigenvalue weighted by molar-refractivity contribution is 0.464. The maximum atomic E-state index is 12.9. The average Bonchev–Trinajstić information content (AvgIpc) is 3.06. The van der Waals surface area contributed by atoms with Gasteiger partial charge in [-0.05, 0) is 30.0 Å². The Morgan fingerprint density at radius 1 is 1.14 bits per heavy atom. The molecule has 0 atom stereocenters. The van der Waals surface area contributed by atoms with Crippen LogP contribution in [0.3, 0.4) is 0 Å². The Morgan fingerprint density at radius 3 is 2.55 bits per heavy atom. The van der Waals surface area contributed by atoms with Gasteiger partial charge in [0, 0.05) is 11.8 Å². The van der Waals surface area contributed by atoms with Crippen LogP contribution in [0.15, 0.2) is 58.7 Å². The molecule has 2 heterocycles. The van der Waals surface area contributed by atoms with Gasteiger partial charge in [0.1, 0.15) is 5.75 Å². The molecule has 4 heteroatoms. The van der Waals surface area contributed by atoms with Gasteiger partial charge in [-0.3, -0.25) is 9.36 Å². The van der Waals surface area contributed by atoms with Crippen LogP contribution < -0.4 is 5.56 Å². The van der Waals surface area contributed by atoms with E-state index in [0.717, 1.165) is 22.7 Å². The van der Waals surface area contributed by atoms with E-state index >= 15 is 0 Å². The maximum Gasteiger partial charge on any atom is 0.262 e. The topological polar surface area (TPSA) is 42.2 Å². The number of hydrogen-bond acceptors (Lipinski definition) is 3. The molecule has 0 saturated carbocycles. The van der Waals surface area contributed by atoms with Crippen molar-refractivity contribution in [3.05, 3.63) is 69.8 Å². The van der Waals surface area contributed by atoms with Crippen LogP contribution in [0, 0.1) is 0 Å². The number of pyridine rings is 1. The predicted octanol–water partition coefficient (Wildman–Crippen LogP) is 4.22. The second-order valence-electron chi connectivity index (χ2n) is 5.10. The van der Waals surface area contributed by atoms with E-state index in [1.807, 2.05) is 54.8 Å². The summed E-state index contributed by atoms with van der Waals surface area (Å²) in [7, 11) is 0. The summed E-state index contributed by atoms with van der Waals surface area (Å²) in [6.45, 7) is 2.00. The summed E-state index contributed by atoms with van der Waals surface area (Å²) in [5.41, 5.74) is 1.87. The van der Waals surface area contributed by atoms with Crippen LogP contribution in [0.25, 0.3) is 16.3 Å². The highest BCUT2D eigenvalue weighted by Gasteiger charge is 2.16. The van der Waals surface area contributed by atoms with E-state index in [2.05, 4.69) is 0 Å². The summed E-state index contributed by atoms with van der Waals surface area (Å²) in [5, 5.41) is 12.2. The molecule has 0 fully saturated rings. The van der Waals surface area contributed by atoms with Crippen LogP contribution in [-0.4, -0.2) is 9.67 Å². The summed E-state index contributed by atoms with van der Waals surface area (Å²) < 4.78 is 1.69. The third kappa shape index (κ3) is 2.57. The largest absolute Gasteiger partial charge is 0.507 e. The summed E-state index contributed by atoms with van der Waals surface area (Å²) in [6.07, 6.45) is 1.39. The molecule has 0 aliphatic carbocycles. The molecule has 0 spiro atoms. The second-order valence-corrected chi connectivity index (χ2v) is 6.04. The van der Waals surface area contributed by atoms with Crippen LogP contribution >= 0.6 is 11.3 Å². The molecule has 0 radical (unpaired) electrons. The molecule has 2 aromatic heterocycles. The van der Waals surface area contributed by atoms with E-state index in [1.54, 1.807) is 22.0 Å². The molecule has 0 saturated heterocycles. The third-order valence-electron chi connectivity index (χ3n) is 3.57. The van der Waals surface area contributed by atoms with E-state index in [-0.39, 0.29) is 11.3 Å². The van der Waals surface area contributed by atoms with Gasteiger partial charge in [0.2, 0.25) is 0 Å². The van der Waals surface area contributed by atoms with E-state index in [0.29, 0.717) is 12.0 Å². The first-order valence-electron chi connectivity index (χ1n) is 7.29. The van der Waals surface area contributed by atoms with Gasteiger partial charge in [-0.15, -0.1) is 11.3 Å². The lowest BCUT2D eigenvalue weighted by Gasteiger charge is -2.15. The van der Waals surface area contributed by atoms with Crippen LogP contribution in [0.1, 0.15) is 18.9 Å². The Kier molecular flexibility index (Phi) is 4.11. The van der Waals surface area contributed by atoms with Crippen molar-refractivity contribution < 1.29 is 5.11 Å². The smallest absolute Gasteiger partial charge is 0.262 e. The van der Waals surface area contributed by atoms with Gasteiger partial charge >= 0.3 is 0 Å². The number of rotatable bonds is 4. The van der Waals surface area contributed by atoms with Crippen LogP contribution in [0.2, 0.25) is 0 Å². The Bertz CT molecular complexity index is 820. The zero-order valence-corrected chi connectivity index (χ0v) is 13.1. The van der Waals surface area contributed by atoms with Crippen molar-refractivity contribution in [2.24, 2.45) is 0 Å². The fourth-order valence-corrected chi connectivity index (χ4v) is 3.29. The lowest BCUT2D eigenvalue weighted by atomic mass is 10.1. The number of nitrogens with zero attached hydrogens (tertiary/aromatic N) is 1. The molecule has 0 bridgehead atoms. The molecule has 0 aliphatic rings. The Morgan fingerprint density at radius 2 is 1.91 bits per heavy atom. The monoisotopic (exact) mass is 311 g/mol. The minimum Gasteiger partial charge on any atom is -0.507 e. The second kappa shape index (κ2) is 6.20. The van der Waals surface area contributed by atoms with E-state index < -0.39 is 0 Å². The number of benzene rings is 1. The molecule has 1 N–H and O–H groups in total. The molecule has 1 aromatic carbocycles. The summed E-state index contributed by atoms with van der Waals surface area (Å²) in [6, 6.07) is 15.2. The van der Waals surface area contributed by atoms with E-state index in [1.165, 1.54) is 0 Å². The lowest BCUT2D eigenvalue weighted by Crippen LogP contribution is -2.23. The number of aromatic nitrogens is 1. The minimum atomic E-state index is -0.142. The van der Waals surface area contributed by atoms with Crippen LogP contribution in [-0.2, 0) is 6.42 Å². The van der Waals surface area contributed by atoms with Crippen molar-refractivity contribution >= 4 is 11.3 Å². The highest BCUT2D eigenvalue weighted by molar-refractivity contribution is 7.13. The quantitative estimate of drug-likeness (QED) is 0.783. The molecule has 112 valence electrons. The number of hydrogen-bond donors (Lipinski definition) is 1. The summed E-state index contributed by atoms with van der Waals surface area (Å²) in [4.78, 5) is 13.9. The first-order valence-corrected chi connectivity index (χ1v) is 8.17. The molecular formula is C18H17NO2S. The van der Waals surface area contributed by atoms with E-state index in [4.69, 9.17) is 0 Å². The van der Waals surface area contributed by atoms with Gasteiger partial charge < -0.3 is 5.11 Å². The zero-order valence-electron chi connectivity index (χ0n) is 12.3. The molecule has 22 heavy (non-hydrogen) atoms. The minimum absolute atomic E-state index is 0.0856. The van der Waals surface area contributed by atoms with E-state index in [9.17, 15) is 9.90 Å². The molecule has 3 nitrogen and oxygen atoms in total. The Labute approximate surface area is 133 Å². The van der Waals surface area contributed by atoms with Gasteiger partial charge in [0.05, 0.1) is 16.1 Å². The number of aromatic hydroxyl groups is 1. The molecule has 0 aliphatic heterocycles. The zero-order chi connectivity index (χ0) is 15.5. The molecule has 3 aromatic rings. The van der Waals surface area contributed by atoms with Crippen molar-refractivity contribution in [3.8, 4) is 22.0 Å². The first kappa shape index (κ1) is 14.6. The molecule has 3 rings (SSSR count). The molecular weight excluding hydrogens is 294 g/mol. The fraction of sp³-hybridized carbons (Fsp3) is 0.167. The van der Waals surface area contributed by atoms with Gasteiger partial charge in [-0.2, -0.15) is 0 Å². The Balaban J connectivity index is 2.33.